The Morgan fingerprint density at radius 1 is 0.671 bits per heavy atom. The Morgan fingerprint density at radius 2 is 1.13 bits per heavy atom. The Kier molecular flexibility index (Phi) is 84.0. The van der Waals surface area contributed by atoms with E-state index < -0.39 is 67.2 Å². The number of nitrogens with zero attached hydrogens (tertiary/aromatic N) is 1. The number of cyclic esters (lactones) is 2. The second kappa shape index (κ2) is 62.0. The maximum absolute atomic E-state index is 11.9. The molecule has 0 saturated carbocycles. The van der Waals surface area contributed by atoms with Crippen molar-refractivity contribution < 1.29 is 78.2 Å². The average molecular weight is 1020 g/mol. The van der Waals surface area contributed by atoms with Gasteiger partial charge >= 0.3 is 35.8 Å². The van der Waals surface area contributed by atoms with Gasteiger partial charge in [0.05, 0.1) is 31.2 Å². The number of nitrogens with one attached hydrogen (secondary N) is 2. The average Bonchev–Trinajstić information content (AvgIpc) is 3.58. The normalized spacial score (nSPS) is 12.7. The largest absolute Gasteiger partial charge is 0.481 e. The lowest BCUT2D eigenvalue weighted by Crippen LogP contribution is -2.41. The molecule has 1 aliphatic rings. The molecule has 5 atom stereocenters. The molecule has 1 fully saturated rings. The summed E-state index contributed by atoms with van der Waals surface area (Å²) in [6, 6.07) is 0. The van der Waals surface area contributed by atoms with Crippen LogP contribution in [-0.2, 0) is 52.7 Å². The summed E-state index contributed by atoms with van der Waals surface area (Å²) in [5.74, 6) is -6.61. The molecule has 0 aromatic heterocycles. The summed E-state index contributed by atoms with van der Waals surface area (Å²) in [5, 5.41) is 44.8. The Labute approximate surface area is 425 Å². The number of rotatable bonds is 28. The summed E-state index contributed by atoms with van der Waals surface area (Å²) in [7, 11) is 1.00. The number of hydrogen-bond acceptors (Lipinski definition) is 13. The third-order valence-electron chi connectivity index (χ3n) is 9.78. The van der Waals surface area contributed by atoms with Gasteiger partial charge in [-0.3, -0.25) is 52.8 Å². The highest BCUT2D eigenvalue weighted by Gasteiger charge is 2.38. The highest BCUT2D eigenvalue weighted by molar-refractivity contribution is 5.95. The van der Waals surface area contributed by atoms with Crippen molar-refractivity contribution in [2.45, 2.75) is 204 Å². The summed E-state index contributed by atoms with van der Waals surface area (Å²) in [6.45, 7) is 10.6. The molecule has 0 bridgehead atoms. The number of aliphatic hydroxyl groups is 1. The number of aliphatic hydroxyl groups excluding tert-OH is 1. The third kappa shape index (κ3) is 52.4. The van der Waals surface area contributed by atoms with Crippen LogP contribution in [0.15, 0.2) is 0 Å². The minimum atomic E-state index is -1.18. The zero-order valence-electron chi connectivity index (χ0n) is 37.9. The number of carbonyl (C=O) groups is 10. The fourth-order valence-electron chi connectivity index (χ4n) is 6.20. The first-order valence-corrected chi connectivity index (χ1v) is 21.4. The van der Waals surface area contributed by atoms with E-state index in [-0.39, 0.29) is 103 Å². The number of imide groups is 1. The molecule has 0 aromatic rings. The summed E-state index contributed by atoms with van der Waals surface area (Å²) in [5.41, 5.74) is 4.57. The molecule has 0 spiro atoms. The van der Waals surface area contributed by atoms with Crippen molar-refractivity contribution in [2.75, 3.05) is 33.3 Å². The maximum atomic E-state index is 11.9. The van der Waals surface area contributed by atoms with Crippen LogP contribution < -0.4 is 16.4 Å². The van der Waals surface area contributed by atoms with Crippen molar-refractivity contribution in [3.05, 3.63) is 0 Å². The minimum Gasteiger partial charge on any atom is -0.481 e. The van der Waals surface area contributed by atoms with Gasteiger partial charge in [-0.2, -0.15) is 0 Å². The lowest BCUT2D eigenvalue weighted by molar-refractivity contribution is -0.154. The van der Waals surface area contributed by atoms with E-state index in [4.69, 9.17) is 25.5 Å². The molecule has 9 N–H and O–H groups in total. The van der Waals surface area contributed by atoms with Crippen LogP contribution in [0.4, 0.5) is 0 Å². The molecule has 0 radical (unpaired) electrons. The smallest absolute Gasteiger partial charge is 0.322 e. The van der Waals surface area contributed by atoms with Gasteiger partial charge in [0.15, 0.2) is 0 Å². The van der Waals surface area contributed by atoms with Crippen LogP contribution in [0, 0.1) is 29.6 Å². The van der Waals surface area contributed by atoms with Crippen LogP contribution in [0.1, 0.15) is 204 Å². The van der Waals surface area contributed by atoms with E-state index in [1.807, 2.05) is 13.8 Å². The van der Waals surface area contributed by atoms with Crippen LogP contribution in [0.5, 0.6) is 0 Å². The van der Waals surface area contributed by atoms with Crippen LogP contribution in [-0.4, -0.2) is 124 Å². The fraction of sp³-hybridized carbons (Fsp3) is 0.800. The maximum Gasteiger partial charge on any atom is 0.322 e. The van der Waals surface area contributed by atoms with Crippen molar-refractivity contribution in [3.63, 3.8) is 0 Å². The highest BCUT2D eigenvalue weighted by atomic mass is 16.6. The molecule has 1 saturated heterocycles. The van der Waals surface area contributed by atoms with Crippen molar-refractivity contribution in [2.24, 2.45) is 35.3 Å². The Balaban J connectivity index is -0.0000000648. The number of ether oxygens (including phenoxy) is 1. The Hall–Kier alpha value is -4.98. The SMILES string of the molecule is C.C.C.C.C.C.C.C.CCCCC(CC)C(CC(=O)O)C(=O)NCC(=O)O.CCCCC(CC)C1CC(=O)OC1=O.CCCCC(CC)CCC(=O)N(C=O)CC(=O)NCC(=O)O.CO.NCC(=O)O. The number of carbonyl (C=O) groups excluding carboxylic acids is 6. The highest BCUT2D eigenvalue weighted by Crippen LogP contribution is 2.30. The minimum absolute atomic E-state index is 0. The van der Waals surface area contributed by atoms with E-state index in [9.17, 15) is 47.9 Å². The molecule has 1 rings (SSSR count). The first kappa shape index (κ1) is 94.8. The standard InChI is InChI=1S/C15H26N2O5.C13H23NO5.C11H18O3.C2H5NO2.CH4O.8CH4/c1-3-5-6-12(4-2)7-8-14(20)17(11-18)10-13(19)16-9-15(21)22;1-3-5-6-9(4-2)10(7-11(15)16)13(19)14-8-12(17)18;1-3-5-6-8(4-2)9-7-10(12)14-11(9)13;3-1-2(4)5;1-2;;;;;;;;/h11-12H,3-10H2,1-2H3,(H,16,19)(H,21,22);9-10H,3-8H2,1-2H3,(H,14,19)(H,15,16)(H,17,18);8-9H,3-7H2,1-2H3;1,3H2,(H,4,5);2H,1H3;8*1H4. The van der Waals surface area contributed by atoms with Crippen LogP contribution >= 0.6 is 0 Å². The van der Waals surface area contributed by atoms with Gasteiger partial charge in [0.2, 0.25) is 24.1 Å². The quantitative estimate of drug-likeness (QED) is 0.0206. The van der Waals surface area contributed by atoms with Gasteiger partial charge in [-0.25, -0.2) is 0 Å². The first-order valence-electron chi connectivity index (χ1n) is 21.4. The van der Waals surface area contributed by atoms with Crippen molar-refractivity contribution >= 4 is 59.9 Å². The van der Waals surface area contributed by atoms with E-state index >= 15 is 0 Å². The number of unbranched alkanes of at least 4 members (excludes halogenated alkanes) is 3. The van der Waals surface area contributed by atoms with Gasteiger partial charge in [0, 0.05) is 13.5 Å². The number of carboxylic acid groups (broad SMARTS) is 4. The molecule has 1 heterocycles. The van der Waals surface area contributed by atoms with E-state index in [1.165, 1.54) is 0 Å². The number of aliphatic carboxylic acids is 4. The fourth-order valence-corrected chi connectivity index (χ4v) is 6.20. The molecular weight excluding hydrogens is 913 g/mol. The number of amides is 4. The predicted octanol–water partition coefficient (Wildman–Crippen LogP) is 8.68. The lowest BCUT2D eigenvalue weighted by atomic mass is 9.83. The van der Waals surface area contributed by atoms with Gasteiger partial charge in [-0.05, 0) is 37.0 Å². The zero-order valence-corrected chi connectivity index (χ0v) is 37.9. The van der Waals surface area contributed by atoms with Gasteiger partial charge in [-0.15, -0.1) is 0 Å². The first-order chi connectivity index (χ1) is 29.3. The number of esters is 2. The molecule has 4 amide bonds. The summed E-state index contributed by atoms with van der Waals surface area (Å²) >= 11 is 0. The molecule has 20 nitrogen and oxygen atoms in total. The van der Waals surface area contributed by atoms with Crippen molar-refractivity contribution in [1.82, 2.24) is 15.5 Å². The van der Waals surface area contributed by atoms with E-state index in [0.717, 1.165) is 82.6 Å². The van der Waals surface area contributed by atoms with Gasteiger partial charge in [0.1, 0.15) is 19.6 Å². The molecule has 5 unspecified atom stereocenters. The molecule has 424 valence electrons. The monoisotopic (exact) mass is 1020 g/mol. The Bertz CT molecular complexity index is 1330. The predicted molar refractivity (Wildman–Crippen MR) is 282 cm³/mol. The van der Waals surface area contributed by atoms with Gasteiger partial charge < -0.3 is 46.6 Å². The molecule has 1 aliphatic heterocycles. The summed E-state index contributed by atoms with van der Waals surface area (Å²) in [6.07, 6.45) is 13.1. The molecule has 0 aliphatic carbocycles. The van der Waals surface area contributed by atoms with Gasteiger partial charge in [0.25, 0.3) is 0 Å². The number of nitrogens with two attached hydrogens (primary N) is 1. The zero-order chi connectivity index (χ0) is 48.6. The second-order valence-corrected chi connectivity index (χ2v) is 14.4. The Morgan fingerprint density at radius 3 is 1.49 bits per heavy atom. The van der Waals surface area contributed by atoms with Crippen molar-refractivity contribution in [3.8, 4) is 0 Å². The molecule has 70 heavy (non-hydrogen) atoms. The van der Waals surface area contributed by atoms with E-state index in [0.29, 0.717) is 37.5 Å². The third-order valence-corrected chi connectivity index (χ3v) is 9.78. The summed E-state index contributed by atoms with van der Waals surface area (Å²) in [4.78, 5) is 110. The van der Waals surface area contributed by atoms with Crippen molar-refractivity contribution in [1.29, 1.82) is 0 Å². The molecular formula is C50H108N4O16. The summed E-state index contributed by atoms with van der Waals surface area (Å²) < 4.78 is 4.56. The van der Waals surface area contributed by atoms with Crippen LogP contribution in [0.25, 0.3) is 0 Å². The van der Waals surface area contributed by atoms with Crippen LogP contribution in [0.2, 0.25) is 0 Å². The lowest BCUT2D eigenvalue weighted by Gasteiger charge is -2.23. The topological polar surface area (TPSA) is 334 Å². The van der Waals surface area contributed by atoms with E-state index in [1.54, 1.807) is 0 Å². The van der Waals surface area contributed by atoms with Gasteiger partial charge in [-0.1, -0.05) is 165 Å². The second-order valence-electron chi connectivity index (χ2n) is 14.4. The van der Waals surface area contributed by atoms with Crippen LogP contribution in [0.3, 0.4) is 0 Å². The number of carboxylic acids is 4. The van der Waals surface area contributed by atoms with E-state index in [2.05, 4.69) is 48.8 Å². The molecule has 20 heteroatoms. The molecule has 0 aromatic carbocycles. The number of hydrogen-bond donors (Lipinski definition) is 8.